The molecule has 4 rings (SSSR count). The number of rotatable bonds is 7. The van der Waals surface area contributed by atoms with E-state index in [1.54, 1.807) is 18.2 Å². The van der Waals surface area contributed by atoms with Gasteiger partial charge in [-0.3, -0.25) is 14.4 Å². The number of methoxy groups -OCH3 is 1. The van der Waals surface area contributed by atoms with Crippen molar-refractivity contribution in [3.63, 3.8) is 0 Å². The number of amides is 1. The van der Waals surface area contributed by atoms with Crippen molar-refractivity contribution in [1.29, 1.82) is 0 Å². The Morgan fingerprint density at radius 2 is 1.94 bits per heavy atom. The molecule has 2 aromatic carbocycles. The molecule has 0 aliphatic carbocycles. The maximum Gasteiger partial charge on any atom is 0.269 e. The number of nitrogens with zero attached hydrogens (tertiary/aromatic N) is 3. The molecule has 0 radical (unpaired) electrons. The molecule has 0 bridgehead atoms. The van der Waals surface area contributed by atoms with Gasteiger partial charge in [-0.2, -0.15) is 0 Å². The predicted molar refractivity (Wildman–Crippen MR) is 142 cm³/mol. The molecule has 0 saturated heterocycles. The third-order valence-electron chi connectivity index (χ3n) is 5.54. The van der Waals surface area contributed by atoms with Crippen molar-refractivity contribution in [2.75, 3.05) is 29.0 Å². The lowest BCUT2D eigenvalue weighted by Gasteiger charge is -2.35. The molecule has 0 saturated carbocycles. The van der Waals surface area contributed by atoms with Crippen molar-refractivity contribution in [2.24, 2.45) is 0 Å². The van der Waals surface area contributed by atoms with Crippen LogP contribution in [-0.4, -0.2) is 50.0 Å². The summed E-state index contributed by atoms with van der Waals surface area (Å²) in [4.78, 5) is 13.2. The van der Waals surface area contributed by atoms with Gasteiger partial charge in [0, 0.05) is 0 Å². The number of aromatic nitrogens is 2. The van der Waals surface area contributed by atoms with E-state index in [0.29, 0.717) is 22.3 Å². The molecule has 0 spiro atoms. The Kier molecular flexibility index (Phi) is 7.48. The normalized spacial score (nSPS) is 15.7. The summed E-state index contributed by atoms with van der Waals surface area (Å²) in [6.07, 6.45) is -1.09. The summed E-state index contributed by atoms with van der Waals surface area (Å²) in [5, 5.41) is 11.1. The molecule has 0 fully saturated rings. The van der Waals surface area contributed by atoms with E-state index in [1.807, 2.05) is 39.8 Å². The average molecular weight is 549 g/mol. The molecule has 36 heavy (non-hydrogen) atoms. The van der Waals surface area contributed by atoms with Gasteiger partial charge in [-0.05, 0) is 53.1 Å². The van der Waals surface area contributed by atoms with Gasteiger partial charge in [0.25, 0.3) is 15.9 Å². The second-order valence-corrected chi connectivity index (χ2v) is 13.4. The van der Waals surface area contributed by atoms with Crippen molar-refractivity contribution < 1.29 is 22.7 Å². The number of hydrogen-bond donors (Lipinski definition) is 1. The second kappa shape index (κ2) is 10.3. The van der Waals surface area contributed by atoms with Gasteiger partial charge in [0.1, 0.15) is 11.5 Å². The predicted octanol–water partition coefficient (Wildman–Crippen LogP) is 4.55. The lowest BCUT2D eigenvalue weighted by Crippen LogP contribution is -2.49. The quantitative estimate of drug-likeness (QED) is 0.338. The average Bonchev–Trinajstić information content (AvgIpc) is 3.29. The topological polar surface area (TPSA) is 111 Å². The zero-order valence-electron chi connectivity index (χ0n) is 20.6. The number of nitrogens with one attached hydrogen (secondary N) is 1. The highest BCUT2D eigenvalue weighted by atomic mass is 32.2. The van der Waals surface area contributed by atoms with Crippen LogP contribution in [0, 0.1) is 0 Å². The van der Waals surface area contributed by atoms with Gasteiger partial charge in [0.15, 0.2) is 10.4 Å². The molecule has 1 unspecified atom stereocenters. The minimum Gasteiger partial charge on any atom is -0.497 e. The van der Waals surface area contributed by atoms with Crippen LogP contribution in [0.2, 0.25) is 0 Å². The van der Waals surface area contributed by atoms with Crippen LogP contribution in [0.1, 0.15) is 33.3 Å². The maximum absolute atomic E-state index is 13.8. The van der Waals surface area contributed by atoms with Crippen LogP contribution in [-0.2, 0) is 20.2 Å². The lowest BCUT2D eigenvalue weighted by molar-refractivity contribution is -0.122. The van der Waals surface area contributed by atoms with Crippen LogP contribution in [0.25, 0.3) is 0 Å². The molecule has 12 heteroatoms. The van der Waals surface area contributed by atoms with Crippen LogP contribution >= 0.6 is 23.1 Å². The van der Waals surface area contributed by atoms with Crippen molar-refractivity contribution >= 4 is 49.8 Å². The summed E-state index contributed by atoms with van der Waals surface area (Å²) < 4.78 is 40.7. The Bertz CT molecular complexity index is 1350. The molecule has 1 aliphatic rings. The highest BCUT2D eigenvalue weighted by molar-refractivity contribution is 8.01. The number of sulfonamides is 1. The van der Waals surface area contributed by atoms with Gasteiger partial charge in [0.2, 0.25) is 5.13 Å². The van der Waals surface area contributed by atoms with E-state index in [9.17, 15) is 13.2 Å². The fraction of sp³-hybridized carbons (Fsp3) is 0.375. The van der Waals surface area contributed by atoms with Crippen molar-refractivity contribution in [3.8, 4) is 11.5 Å². The van der Waals surface area contributed by atoms with Crippen LogP contribution < -0.4 is 19.1 Å². The molecule has 1 atom stereocenters. The van der Waals surface area contributed by atoms with Crippen LogP contribution in [0.4, 0.5) is 10.8 Å². The summed E-state index contributed by atoms with van der Waals surface area (Å²) in [5.41, 5.74) is 1.11. The zero-order chi connectivity index (χ0) is 26.1. The Labute approximate surface area is 219 Å². The molecule has 192 valence electrons. The second-order valence-electron chi connectivity index (χ2n) is 9.05. The minimum absolute atomic E-state index is 0.0850. The Balaban J connectivity index is 1.70. The number of thioether (sulfide) groups is 1. The standard InChI is InChI=1S/C24H28N4O5S3/c1-6-34-23-27-26-22(35-23)25-21(29)20-14-28(36(30,31)17-10-8-16(32-5)9-11-17)18-13-15(24(2,3)4)7-12-19(18)33-20/h7-13,20H,6,14H2,1-5H3,(H,25,26,29). The van der Waals surface area contributed by atoms with E-state index < -0.39 is 22.0 Å². The molecule has 9 nitrogen and oxygen atoms in total. The van der Waals surface area contributed by atoms with Gasteiger partial charge in [0.05, 0.1) is 24.2 Å². The minimum atomic E-state index is -4.02. The summed E-state index contributed by atoms with van der Waals surface area (Å²) in [6, 6.07) is 11.6. The number of carbonyl (C=O) groups is 1. The number of ether oxygens (including phenoxy) is 2. The Hall–Kier alpha value is -2.83. The summed E-state index contributed by atoms with van der Waals surface area (Å²) in [5.74, 6) is 1.19. The first kappa shape index (κ1) is 26.2. The molecular weight excluding hydrogens is 520 g/mol. The zero-order valence-corrected chi connectivity index (χ0v) is 23.1. The lowest BCUT2D eigenvalue weighted by atomic mass is 9.86. The summed E-state index contributed by atoms with van der Waals surface area (Å²) in [7, 11) is -2.50. The summed E-state index contributed by atoms with van der Waals surface area (Å²) >= 11 is 2.78. The molecule has 1 amide bonds. The van der Waals surface area contributed by atoms with Gasteiger partial charge in [-0.1, -0.05) is 56.9 Å². The third kappa shape index (κ3) is 5.45. The smallest absolute Gasteiger partial charge is 0.269 e. The Morgan fingerprint density at radius 1 is 1.22 bits per heavy atom. The van der Waals surface area contributed by atoms with Gasteiger partial charge >= 0.3 is 0 Å². The molecule has 2 heterocycles. The third-order valence-corrected chi connectivity index (χ3v) is 9.19. The molecule has 1 aliphatic heterocycles. The summed E-state index contributed by atoms with van der Waals surface area (Å²) in [6.45, 7) is 7.94. The fourth-order valence-electron chi connectivity index (χ4n) is 3.58. The Morgan fingerprint density at radius 3 is 2.58 bits per heavy atom. The van der Waals surface area contributed by atoms with Crippen LogP contribution in [0.15, 0.2) is 51.7 Å². The number of fused-ring (bicyclic) bond motifs is 1. The van der Waals surface area contributed by atoms with Crippen LogP contribution in [0.5, 0.6) is 11.5 Å². The maximum atomic E-state index is 13.8. The molecule has 1 aromatic heterocycles. The van der Waals surface area contributed by atoms with E-state index in [-0.39, 0.29) is 16.9 Å². The number of anilines is 2. The van der Waals surface area contributed by atoms with Gasteiger partial charge < -0.3 is 9.47 Å². The largest absolute Gasteiger partial charge is 0.497 e. The van der Waals surface area contributed by atoms with E-state index in [2.05, 4.69) is 15.5 Å². The van der Waals surface area contributed by atoms with Crippen molar-refractivity contribution in [3.05, 3.63) is 48.0 Å². The first-order valence-corrected chi connectivity index (χ1v) is 14.5. The monoisotopic (exact) mass is 548 g/mol. The number of benzene rings is 2. The van der Waals surface area contributed by atoms with Gasteiger partial charge in [-0.25, -0.2) is 8.42 Å². The highest BCUT2D eigenvalue weighted by Crippen LogP contribution is 2.40. The SMILES string of the molecule is CCSc1nnc(NC(=O)C2CN(S(=O)(=O)c3ccc(OC)cc3)c3cc(C(C)(C)C)ccc3O2)s1. The van der Waals surface area contributed by atoms with E-state index in [0.717, 1.165) is 15.7 Å². The first-order valence-electron chi connectivity index (χ1n) is 11.3. The van der Waals surface area contributed by atoms with E-state index in [1.165, 1.54) is 46.6 Å². The molecule has 3 aromatic rings. The van der Waals surface area contributed by atoms with Crippen molar-refractivity contribution in [1.82, 2.24) is 10.2 Å². The first-order chi connectivity index (χ1) is 17.0. The fourth-order valence-corrected chi connectivity index (χ4v) is 6.70. The van der Waals surface area contributed by atoms with E-state index in [4.69, 9.17) is 9.47 Å². The molecular formula is C24H28N4O5S3. The highest BCUT2D eigenvalue weighted by Gasteiger charge is 2.38. The number of carbonyl (C=O) groups excluding carboxylic acids is 1. The van der Waals surface area contributed by atoms with Gasteiger partial charge in [-0.15, -0.1) is 10.2 Å². The van der Waals surface area contributed by atoms with Crippen LogP contribution in [0.3, 0.4) is 0 Å². The molecule has 1 N–H and O–H groups in total. The van der Waals surface area contributed by atoms with E-state index >= 15 is 0 Å². The number of hydrogen-bond acceptors (Lipinski definition) is 9. The van der Waals surface area contributed by atoms with Crippen molar-refractivity contribution in [2.45, 2.75) is 48.4 Å².